The topological polar surface area (TPSA) is 84.8 Å². The van der Waals surface area contributed by atoms with Crippen LogP contribution in [0, 0.1) is 17.1 Å². The van der Waals surface area contributed by atoms with Gasteiger partial charge in [-0.05, 0) is 24.3 Å². The Bertz CT molecular complexity index is 627. The second-order valence-electron chi connectivity index (χ2n) is 3.71. The number of hydrogen-bond acceptors (Lipinski definition) is 6. The van der Waals surface area contributed by atoms with Crippen molar-refractivity contribution in [3.8, 4) is 11.8 Å². The van der Waals surface area contributed by atoms with E-state index in [9.17, 15) is 4.39 Å². The number of aromatic nitrogens is 2. The number of nitrogens with zero attached hydrogens (tertiary/aromatic N) is 3. The minimum absolute atomic E-state index is 0.171. The van der Waals surface area contributed by atoms with Crippen LogP contribution in [0.25, 0.3) is 0 Å². The monoisotopic (exact) mass is 290 g/mol. The number of nitrogens with two attached hydrogens (primary N) is 1. The predicted octanol–water partition coefficient (Wildman–Crippen LogP) is 2.24. The van der Waals surface area contributed by atoms with Crippen LogP contribution in [0.3, 0.4) is 0 Å². The molecule has 0 fully saturated rings. The Hall–Kier alpha value is -2.33. The number of halogens is 1. The van der Waals surface area contributed by atoms with Crippen LogP contribution in [-0.2, 0) is 0 Å². The Kier molecular flexibility index (Phi) is 4.74. The molecule has 0 radical (unpaired) electrons. The van der Waals surface area contributed by atoms with Gasteiger partial charge in [-0.1, -0.05) is 11.8 Å². The molecule has 0 aliphatic rings. The Labute approximate surface area is 119 Å². The van der Waals surface area contributed by atoms with E-state index in [1.807, 2.05) is 6.07 Å². The molecule has 1 heterocycles. The molecule has 2 aromatic rings. The highest BCUT2D eigenvalue weighted by Crippen LogP contribution is 2.16. The number of rotatable bonds is 5. The van der Waals surface area contributed by atoms with Crippen LogP contribution in [0.15, 0.2) is 35.6 Å². The maximum absolute atomic E-state index is 12.7. The minimum Gasteiger partial charge on any atom is -0.493 e. The second-order valence-corrected chi connectivity index (χ2v) is 4.78. The summed E-state index contributed by atoms with van der Waals surface area (Å²) in [4.78, 5) is 8.01. The Morgan fingerprint density at radius 2 is 2.10 bits per heavy atom. The zero-order chi connectivity index (χ0) is 14.4. The summed E-state index contributed by atoms with van der Waals surface area (Å²) in [6.45, 7) is 0.430. The van der Waals surface area contributed by atoms with Crippen LogP contribution in [-0.4, -0.2) is 22.3 Å². The molecule has 0 spiro atoms. The number of thioether (sulfide) groups is 1. The molecule has 20 heavy (non-hydrogen) atoms. The molecule has 5 nitrogen and oxygen atoms in total. The molecular formula is C13H11FN4OS. The average Bonchev–Trinajstić information content (AvgIpc) is 2.46. The average molecular weight is 290 g/mol. The van der Waals surface area contributed by atoms with Gasteiger partial charge in [0.05, 0.1) is 12.8 Å². The molecule has 0 atom stereocenters. The summed E-state index contributed by atoms with van der Waals surface area (Å²) in [5, 5.41) is 9.20. The van der Waals surface area contributed by atoms with Gasteiger partial charge in [-0.3, -0.25) is 0 Å². The quantitative estimate of drug-likeness (QED) is 0.516. The van der Waals surface area contributed by atoms with E-state index in [0.29, 0.717) is 23.3 Å². The van der Waals surface area contributed by atoms with Crippen molar-refractivity contribution in [3.05, 3.63) is 41.8 Å². The molecule has 0 aliphatic carbocycles. The van der Waals surface area contributed by atoms with E-state index < -0.39 is 0 Å². The maximum Gasteiger partial charge on any atom is 0.189 e. The van der Waals surface area contributed by atoms with E-state index in [4.69, 9.17) is 15.7 Å². The third-order valence-electron chi connectivity index (χ3n) is 2.31. The molecule has 2 N–H and O–H groups in total. The van der Waals surface area contributed by atoms with Crippen molar-refractivity contribution in [1.29, 1.82) is 5.26 Å². The van der Waals surface area contributed by atoms with Crippen LogP contribution in [0.1, 0.15) is 5.56 Å². The lowest BCUT2D eigenvalue weighted by Crippen LogP contribution is -2.02. The largest absolute Gasteiger partial charge is 0.493 e. The second kappa shape index (κ2) is 6.73. The normalized spacial score (nSPS) is 10.0. The van der Waals surface area contributed by atoms with Crippen LogP contribution in [0.5, 0.6) is 5.75 Å². The zero-order valence-corrected chi connectivity index (χ0v) is 11.2. The molecular weight excluding hydrogens is 279 g/mol. The Morgan fingerprint density at radius 1 is 1.35 bits per heavy atom. The number of nitriles is 1. The van der Waals surface area contributed by atoms with Gasteiger partial charge < -0.3 is 10.5 Å². The molecule has 0 saturated carbocycles. The first-order valence-corrected chi connectivity index (χ1v) is 6.71. The molecule has 0 saturated heterocycles. The van der Waals surface area contributed by atoms with Gasteiger partial charge in [0.2, 0.25) is 0 Å². The Morgan fingerprint density at radius 3 is 2.75 bits per heavy atom. The molecule has 1 aromatic carbocycles. The van der Waals surface area contributed by atoms with Gasteiger partial charge in [0, 0.05) is 5.75 Å². The van der Waals surface area contributed by atoms with Gasteiger partial charge in [-0.15, -0.1) is 0 Å². The van der Waals surface area contributed by atoms with Crippen LogP contribution in [0.2, 0.25) is 0 Å². The van der Waals surface area contributed by atoms with Crippen LogP contribution >= 0.6 is 11.8 Å². The Balaban J connectivity index is 1.80. The number of hydrogen-bond donors (Lipinski definition) is 1. The summed E-state index contributed by atoms with van der Waals surface area (Å²) in [6, 6.07) is 7.71. The first kappa shape index (κ1) is 14.1. The third-order valence-corrected chi connectivity index (χ3v) is 3.14. The van der Waals surface area contributed by atoms with Crippen molar-refractivity contribution < 1.29 is 9.13 Å². The smallest absolute Gasteiger partial charge is 0.189 e. The lowest BCUT2D eigenvalue weighted by Gasteiger charge is -2.05. The first-order chi connectivity index (χ1) is 9.69. The summed E-state index contributed by atoms with van der Waals surface area (Å²) < 4.78 is 18.1. The predicted molar refractivity (Wildman–Crippen MR) is 73.8 cm³/mol. The number of benzene rings is 1. The first-order valence-electron chi connectivity index (χ1n) is 5.73. The number of ether oxygens (including phenoxy) is 1. The minimum atomic E-state index is -0.298. The van der Waals surface area contributed by atoms with E-state index in [2.05, 4.69) is 9.97 Å². The van der Waals surface area contributed by atoms with E-state index >= 15 is 0 Å². The van der Waals surface area contributed by atoms with Gasteiger partial charge in [0.15, 0.2) is 5.16 Å². The van der Waals surface area contributed by atoms with Crippen molar-refractivity contribution in [1.82, 2.24) is 9.97 Å². The number of nitrogen functional groups attached to an aromatic ring is 1. The van der Waals surface area contributed by atoms with Crippen molar-refractivity contribution in [2.45, 2.75) is 5.16 Å². The molecule has 1 aromatic heterocycles. The SMILES string of the molecule is N#Cc1cnc(SCCOc2ccc(F)cc2)nc1N. The molecule has 0 aliphatic heterocycles. The summed E-state index contributed by atoms with van der Waals surface area (Å²) in [5.41, 5.74) is 5.85. The van der Waals surface area contributed by atoms with Gasteiger partial charge in [-0.25, -0.2) is 14.4 Å². The van der Waals surface area contributed by atoms with Crippen molar-refractivity contribution in [2.24, 2.45) is 0 Å². The maximum atomic E-state index is 12.7. The van der Waals surface area contributed by atoms with Crippen molar-refractivity contribution >= 4 is 17.6 Å². The van der Waals surface area contributed by atoms with E-state index in [1.165, 1.54) is 30.1 Å². The highest BCUT2D eigenvalue weighted by atomic mass is 32.2. The third kappa shape index (κ3) is 3.83. The summed E-state index contributed by atoms with van der Waals surface area (Å²) in [5.74, 6) is 1.09. The van der Waals surface area contributed by atoms with Crippen molar-refractivity contribution in [2.75, 3.05) is 18.1 Å². The zero-order valence-electron chi connectivity index (χ0n) is 10.4. The van der Waals surface area contributed by atoms with Gasteiger partial charge in [0.25, 0.3) is 0 Å². The fraction of sp³-hybridized carbons (Fsp3) is 0.154. The van der Waals surface area contributed by atoms with E-state index in [-0.39, 0.29) is 17.2 Å². The van der Waals surface area contributed by atoms with Crippen molar-refractivity contribution in [3.63, 3.8) is 0 Å². The van der Waals surface area contributed by atoms with Crippen LogP contribution in [0.4, 0.5) is 10.2 Å². The highest BCUT2D eigenvalue weighted by molar-refractivity contribution is 7.99. The molecule has 7 heteroatoms. The molecule has 0 unspecified atom stereocenters. The highest BCUT2D eigenvalue weighted by Gasteiger charge is 2.04. The molecule has 0 amide bonds. The molecule has 102 valence electrons. The van der Waals surface area contributed by atoms with Crippen LogP contribution < -0.4 is 10.5 Å². The lowest BCUT2D eigenvalue weighted by molar-refractivity contribution is 0.343. The van der Waals surface area contributed by atoms with Gasteiger partial charge in [-0.2, -0.15) is 5.26 Å². The fourth-order valence-corrected chi connectivity index (χ4v) is 2.00. The van der Waals surface area contributed by atoms with Gasteiger partial charge in [0.1, 0.15) is 29.0 Å². The van der Waals surface area contributed by atoms with E-state index in [1.54, 1.807) is 12.1 Å². The molecule has 0 bridgehead atoms. The standard InChI is InChI=1S/C13H11FN4OS/c14-10-1-3-11(4-2-10)19-5-6-20-13-17-8-9(7-15)12(16)18-13/h1-4,8H,5-6H2,(H2,16,17,18). The summed E-state index contributed by atoms with van der Waals surface area (Å²) >= 11 is 1.37. The molecule has 2 rings (SSSR count). The van der Waals surface area contributed by atoms with E-state index in [0.717, 1.165) is 0 Å². The summed E-state index contributed by atoms with van der Waals surface area (Å²) in [7, 11) is 0. The lowest BCUT2D eigenvalue weighted by atomic mass is 10.3. The summed E-state index contributed by atoms with van der Waals surface area (Å²) in [6.07, 6.45) is 1.39. The van der Waals surface area contributed by atoms with Gasteiger partial charge >= 0.3 is 0 Å². The number of anilines is 1. The fourth-order valence-electron chi connectivity index (χ4n) is 1.36.